The van der Waals surface area contributed by atoms with Crippen LogP contribution in [0.2, 0.25) is 0 Å². The lowest BCUT2D eigenvalue weighted by Gasteiger charge is -2.08. The van der Waals surface area contributed by atoms with Crippen LogP contribution in [-0.4, -0.2) is 38.9 Å². The largest absolute Gasteiger partial charge is 0.347 e. The molecule has 33 heavy (non-hydrogen) atoms. The van der Waals surface area contributed by atoms with Crippen LogP contribution in [0.5, 0.6) is 0 Å². The summed E-state index contributed by atoms with van der Waals surface area (Å²) in [5, 5.41) is 14.3. The second-order valence-corrected chi connectivity index (χ2v) is 8.23. The zero-order chi connectivity index (χ0) is 23.4. The van der Waals surface area contributed by atoms with E-state index in [0.29, 0.717) is 23.6 Å². The first-order valence-electron chi connectivity index (χ1n) is 10.3. The first-order valence-corrected chi connectivity index (χ1v) is 11.1. The maximum absolute atomic E-state index is 12.2. The molecule has 0 saturated carbocycles. The minimum absolute atomic E-state index is 0.225. The normalized spacial score (nSPS) is 10.7. The minimum Gasteiger partial charge on any atom is -0.347 e. The Hall–Kier alpha value is -4.05. The molecule has 0 aliphatic heterocycles. The number of amides is 3. The van der Waals surface area contributed by atoms with Crippen LogP contribution >= 0.6 is 11.3 Å². The first-order chi connectivity index (χ1) is 15.9. The SMILES string of the molecule is CC(=O)Nc1cccc(NC(=O)C(=O)NCCc2csc3nc(-c4ccccc4C)nn23)c1. The van der Waals surface area contributed by atoms with Crippen LogP contribution in [-0.2, 0) is 20.8 Å². The van der Waals surface area contributed by atoms with Gasteiger partial charge in [-0.2, -0.15) is 4.98 Å². The van der Waals surface area contributed by atoms with Crippen molar-refractivity contribution < 1.29 is 14.4 Å². The zero-order valence-corrected chi connectivity index (χ0v) is 18.9. The van der Waals surface area contributed by atoms with E-state index in [1.807, 2.05) is 36.6 Å². The summed E-state index contributed by atoms with van der Waals surface area (Å²) in [7, 11) is 0. The Bertz CT molecular complexity index is 1340. The lowest BCUT2D eigenvalue weighted by atomic mass is 10.1. The van der Waals surface area contributed by atoms with Crippen molar-refractivity contribution in [3.05, 3.63) is 65.2 Å². The van der Waals surface area contributed by atoms with Gasteiger partial charge in [-0.15, -0.1) is 16.4 Å². The summed E-state index contributed by atoms with van der Waals surface area (Å²) in [6.07, 6.45) is 0.494. The highest BCUT2D eigenvalue weighted by molar-refractivity contribution is 7.15. The Balaban J connectivity index is 1.34. The first kappa shape index (κ1) is 22.2. The van der Waals surface area contributed by atoms with E-state index in [9.17, 15) is 14.4 Å². The predicted octanol–water partition coefficient (Wildman–Crippen LogP) is 3.02. The number of aromatic nitrogens is 3. The molecule has 0 spiro atoms. The number of nitrogens with one attached hydrogen (secondary N) is 3. The molecular formula is C23H22N6O3S. The van der Waals surface area contributed by atoms with Crippen molar-refractivity contribution in [2.24, 2.45) is 0 Å². The van der Waals surface area contributed by atoms with Gasteiger partial charge in [0.15, 0.2) is 5.82 Å². The average molecular weight is 463 g/mol. The van der Waals surface area contributed by atoms with E-state index in [0.717, 1.165) is 21.8 Å². The van der Waals surface area contributed by atoms with E-state index < -0.39 is 11.8 Å². The topological polar surface area (TPSA) is 117 Å². The molecule has 0 aliphatic carbocycles. The summed E-state index contributed by atoms with van der Waals surface area (Å²) >= 11 is 1.48. The number of hydrogen-bond acceptors (Lipinski definition) is 6. The maximum atomic E-state index is 12.2. The lowest BCUT2D eigenvalue weighted by molar-refractivity contribution is -0.136. The molecule has 3 N–H and O–H groups in total. The van der Waals surface area contributed by atoms with Crippen LogP contribution in [0.15, 0.2) is 53.9 Å². The number of rotatable bonds is 6. The number of thiazole rings is 1. The molecular weight excluding hydrogens is 440 g/mol. The van der Waals surface area contributed by atoms with Crippen LogP contribution in [0.25, 0.3) is 16.3 Å². The number of fused-ring (bicyclic) bond motifs is 1. The molecule has 0 fully saturated rings. The van der Waals surface area contributed by atoms with E-state index >= 15 is 0 Å². The van der Waals surface area contributed by atoms with Crippen molar-refractivity contribution in [1.29, 1.82) is 0 Å². The quantitative estimate of drug-likeness (QED) is 0.381. The van der Waals surface area contributed by atoms with Gasteiger partial charge < -0.3 is 16.0 Å². The summed E-state index contributed by atoms with van der Waals surface area (Å²) in [6, 6.07) is 14.5. The van der Waals surface area contributed by atoms with Crippen LogP contribution in [0, 0.1) is 6.92 Å². The third-order valence-corrected chi connectivity index (χ3v) is 5.71. The highest BCUT2D eigenvalue weighted by atomic mass is 32.1. The number of aryl methyl sites for hydroxylation is 1. The summed E-state index contributed by atoms with van der Waals surface area (Å²) in [5.74, 6) is -1.10. The van der Waals surface area contributed by atoms with E-state index in [2.05, 4.69) is 26.0 Å². The predicted molar refractivity (Wildman–Crippen MR) is 127 cm³/mol. The van der Waals surface area contributed by atoms with Crippen molar-refractivity contribution in [3.63, 3.8) is 0 Å². The highest BCUT2D eigenvalue weighted by Crippen LogP contribution is 2.23. The smallest absolute Gasteiger partial charge is 0.313 e. The van der Waals surface area contributed by atoms with Crippen molar-refractivity contribution in [1.82, 2.24) is 19.9 Å². The Labute approximate surface area is 193 Å². The van der Waals surface area contributed by atoms with Gasteiger partial charge in [-0.25, -0.2) is 4.52 Å². The number of carbonyl (C=O) groups excluding carboxylic acids is 3. The Morgan fingerprint density at radius 2 is 1.76 bits per heavy atom. The number of carbonyl (C=O) groups is 3. The fourth-order valence-electron chi connectivity index (χ4n) is 3.28. The zero-order valence-electron chi connectivity index (χ0n) is 18.1. The molecule has 0 atom stereocenters. The standard InChI is InChI=1S/C23H22N6O3S/c1-14-6-3-4-9-19(14)20-27-23-29(28-20)18(13-33-23)10-11-24-21(31)22(32)26-17-8-5-7-16(12-17)25-15(2)30/h3-9,12-13H,10-11H2,1-2H3,(H,24,31)(H,25,30)(H,26,32). The van der Waals surface area contributed by atoms with Crippen LogP contribution in [0.1, 0.15) is 18.2 Å². The molecule has 0 saturated heterocycles. The van der Waals surface area contributed by atoms with Crippen molar-refractivity contribution >= 4 is 45.4 Å². The second kappa shape index (κ2) is 9.61. The fraction of sp³-hybridized carbons (Fsp3) is 0.174. The van der Waals surface area contributed by atoms with Gasteiger partial charge >= 0.3 is 11.8 Å². The third kappa shape index (κ3) is 5.24. The van der Waals surface area contributed by atoms with Gasteiger partial charge in [0.25, 0.3) is 0 Å². The molecule has 2 aromatic heterocycles. The second-order valence-electron chi connectivity index (χ2n) is 7.39. The Morgan fingerprint density at radius 3 is 2.52 bits per heavy atom. The summed E-state index contributed by atoms with van der Waals surface area (Å²) < 4.78 is 1.77. The molecule has 0 unspecified atom stereocenters. The lowest BCUT2D eigenvalue weighted by Crippen LogP contribution is -2.36. The van der Waals surface area contributed by atoms with Gasteiger partial charge in [-0.1, -0.05) is 30.3 Å². The number of nitrogens with zero attached hydrogens (tertiary/aromatic N) is 3. The van der Waals surface area contributed by atoms with Crippen molar-refractivity contribution in [2.45, 2.75) is 20.3 Å². The van der Waals surface area contributed by atoms with E-state index in [4.69, 9.17) is 0 Å². The molecule has 0 radical (unpaired) electrons. The van der Waals surface area contributed by atoms with E-state index in [-0.39, 0.29) is 12.5 Å². The maximum Gasteiger partial charge on any atom is 0.313 e. The molecule has 0 aliphatic rings. The highest BCUT2D eigenvalue weighted by Gasteiger charge is 2.16. The molecule has 10 heteroatoms. The van der Waals surface area contributed by atoms with Crippen molar-refractivity contribution in [3.8, 4) is 11.4 Å². The molecule has 2 aromatic carbocycles. The Kier molecular flexibility index (Phi) is 6.45. The number of hydrogen-bond donors (Lipinski definition) is 3. The fourth-order valence-corrected chi connectivity index (χ4v) is 4.14. The summed E-state index contributed by atoms with van der Waals surface area (Å²) in [4.78, 5) is 40.9. The molecule has 9 nitrogen and oxygen atoms in total. The van der Waals surface area contributed by atoms with Crippen LogP contribution in [0.3, 0.4) is 0 Å². The van der Waals surface area contributed by atoms with Gasteiger partial charge in [0, 0.05) is 42.2 Å². The minimum atomic E-state index is -0.784. The monoisotopic (exact) mass is 462 g/mol. The summed E-state index contributed by atoms with van der Waals surface area (Å²) in [5.41, 5.74) is 3.91. The van der Waals surface area contributed by atoms with Crippen LogP contribution < -0.4 is 16.0 Å². The molecule has 4 rings (SSSR count). The van der Waals surface area contributed by atoms with Gasteiger partial charge in [0.05, 0.1) is 5.69 Å². The average Bonchev–Trinajstić information content (AvgIpc) is 3.35. The summed E-state index contributed by atoms with van der Waals surface area (Å²) in [6.45, 7) is 3.67. The molecule has 2 heterocycles. The molecule has 4 aromatic rings. The van der Waals surface area contributed by atoms with Gasteiger partial charge in [-0.05, 0) is 30.7 Å². The van der Waals surface area contributed by atoms with Crippen LogP contribution in [0.4, 0.5) is 11.4 Å². The Morgan fingerprint density at radius 1 is 1.00 bits per heavy atom. The van der Waals surface area contributed by atoms with E-state index in [1.54, 1.807) is 28.8 Å². The van der Waals surface area contributed by atoms with Gasteiger partial charge in [-0.3, -0.25) is 14.4 Å². The number of benzene rings is 2. The molecule has 168 valence electrons. The van der Waals surface area contributed by atoms with Gasteiger partial charge in [0.2, 0.25) is 10.9 Å². The van der Waals surface area contributed by atoms with E-state index in [1.165, 1.54) is 18.3 Å². The van der Waals surface area contributed by atoms with Gasteiger partial charge in [0.1, 0.15) is 0 Å². The number of anilines is 2. The van der Waals surface area contributed by atoms with Crippen molar-refractivity contribution in [2.75, 3.05) is 17.2 Å². The third-order valence-electron chi connectivity index (χ3n) is 4.85. The molecule has 3 amide bonds. The molecule has 0 bridgehead atoms.